The van der Waals surface area contributed by atoms with Crippen LogP contribution in [0, 0.1) is 0 Å². The second-order valence-electron chi connectivity index (χ2n) is 3.08. The van der Waals surface area contributed by atoms with E-state index in [1.807, 2.05) is 5.38 Å². The molecule has 0 fully saturated rings. The minimum atomic E-state index is -0.323. The molecule has 2 rings (SSSR count). The number of rotatable bonds is 3. The molecule has 0 aliphatic rings. The Balaban J connectivity index is 1.93. The molecular weight excluding hydrogens is 246 g/mol. The number of pyridine rings is 1. The van der Waals surface area contributed by atoms with Crippen molar-refractivity contribution in [3.05, 3.63) is 51.4 Å². The molecule has 0 spiro atoms. The van der Waals surface area contributed by atoms with Gasteiger partial charge in [-0.3, -0.25) is 0 Å². The summed E-state index contributed by atoms with van der Waals surface area (Å²) in [7, 11) is 0. The van der Waals surface area contributed by atoms with Gasteiger partial charge in [-0.2, -0.15) is 11.3 Å². The van der Waals surface area contributed by atoms with E-state index in [1.54, 1.807) is 29.8 Å². The summed E-state index contributed by atoms with van der Waals surface area (Å²) in [6.07, 6.45) is 1.59. The van der Waals surface area contributed by atoms with Gasteiger partial charge in [0, 0.05) is 17.1 Å². The van der Waals surface area contributed by atoms with Gasteiger partial charge in [0.2, 0.25) is 0 Å². The molecule has 0 radical (unpaired) electrons. The molecule has 0 bridgehead atoms. The first-order valence-corrected chi connectivity index (χ1v) is 5.87. The van der Waals surface area contributed by atoms with E-state index in [1.165, 1.54) is 11.3 Å². The maximum absolute atomic E-state index is 11.5. The normalized spacial score (nSPS) is 10.1. The molecule has 0 aromatic carbocycles. The molecular formula is C11H8ClNO2S. The number of carbonyl (C=O) groups excluding carboxylic acids is 1. The predicted octanol–water partition coefficient (Wildman–Crippen LogP) is 3.15. The van der Waals surface area contributed by atoms with Gasteiger partial charge in [0.25, 0.3) is 0 Å². The van der Waals surface area contributed by atoms with Gasteiger partial charge in [0.15, 0.2) is 0 Å². The first kappa shape index (κ1) is 11.1. The predicted molar refractivity (Wildman–Crippen MR) is 62.7 cm³/mol. The first-order valence-electron chi connectivity index (χ1n) is 4.55. The molecule has 2 heterocycles. The van der Waals surface area contributed by atoms with Crippen LogP contribution in [0.15, 0.2) is 35.2 Å². The molecule has 2 aromatic rings. The number of carbonyl (C=O) groups is 1. The zero-order valence-electron chi connectivity index (χ0n) is 8.22. The van der Waals surface area contributed by atoms with Crippen molar-refractivity contribution in [2.45, 2.75) is 6.61 Å². The summed E-state index contributed by atoms with van der Waals surface area (Å²) in [6, 6.07) is 5.17. The number of hydrogen-bond acceptors (Lipinski definition) is 4. The van der Waals surface area contributed by atoms with Crippen molar-refractivity contribution in [2.75, 3.05) is 0 Å². The van der Waals surface area contributed by atoms with Gasteiger partial charge in [-0.25, -0.2) is 9.78 Å². The number of hydrogen-bond donors (Lipinski definition) is 0. The average Bonchev–Trinajstić information content (AvgIpc) is 2.81. The molecule has 0 aliphatic heterocycles. The number of halogens is 1. The van der Waals surface area contributed by atoms with Gasteiger partial charge in [-0.05, 0) is 17.5 Å². The zero-order valence-corrected chi connectivity index (χ0v) is 9.79. The second kappa shape index (κ2) is 5.09. The van der Waals surface area contributed by atoms with Crippen molar-refractivity contribution >= 4 is 28.9 Å². The van der Waals surface area contributed by atoms with Crippen LogP contribution < -0.4 is 0 Å². The van der Waals surface area contributed by atoms with Gasteiger partial charge in [-0.1, -0.05) is 17.7 Å². The Bertz CT molecular complexity index is 467. The average molecular weight is 254 g/mol. The van der Waals surface area contributed by atoms with E-state index in [4.69, 9.17) is 16.3 Å². The SMILES string of the molecule is O=C(OCc1ccc(Cl)nc1)c1ccsc1. The molecule has 0 amide bonds. The van der Waals surface area contributed by atoms with Gasteiger partial charge in [0.1, 0.15) is 11.8 Å². The molecule has 16 heavy (non-hydrogen) atoms. The van der Waals surface area contributed by atoms with Crippen LogP contribution in [0.5, 0.6) is 0 Å². The molecule has 5 heteroatoms. The Labute approximate surface area is 102 Å². The molecule has 0 atom stereocenters. The fourth-order valence-electron chi connectivity index (χ4n) is 1.10. The summed E-state index contributed by atoms with van der Waals surface area (Å²) in [6.45, 7) is 0.207. The van der Waals surface area contributed by atoms with Crippen molar-refractivity contribution < 1.29 is 9.53 Å². The maximum Gasteiger partial charge on any atom is 0.339 e. The van der Waals surface area contributed by atoms with E-state index in [2.05, 4.69) is 4.98 Å². The van der Waals surface area contributed by atoms with Crippen LogP contribution in [0.1, 0.15) is 15.9 Å². The summed E-state index contributed by atoms with van der Waals surface area (Å²) < 4.78 is 5.10. The molecule has 0 aliphatic carbocycles. The van der Waals surface area contributed by atoms with E-state index in [9.17, 15) is 4.79 Å². The lowest BCUT2D eigenvalue weighted by Gasteiger charge is -2.02. The molecule has 3 nitrogen and oxygen atoms in total. The lowest BCUT2D eigenvalue weighted by Crippen LogP contribution is -2.03. The van der Waals surface area contributed by atoms with Crippen LogP contribution in [-0.2, 0) is 11.3 Å². The van der Waals surface area contributed by atoms with E-state index in [0.717, 1.165) is 5.56 Å². The highest BCUT2D eigenvalue weighted by atomic mass is 35.5. The van der Waals surface area contributed by atoms with Crippen molar-refractivity contribution in [1.82, 2.24) is 4.98 Å². The van der Waals surface area contributed by atoms with Crippen LogP contribution in [0.4, 0.5) is 0 Å². The summed E-state index contributed by atoms with van der Waals surface area (Å²) in [5, 5.41) is 4.01. The van der Waals surface area contributed by atoms with E-state index in [0.29, 0.717) is 10.7 Å². The molecule has 0 saturated heterocycles. The standard InChI is InChI=1S/C11H8ClNO2S/c12-10-2-1-8(5-13-10)6-15-11(14)9-3-4-16-7-9/h1-5,7H,6H2. The Kier molecular flexibility index (Phi) is 3.54. The highest BCUT2D eigenvalue weighted by Crippen LogP contribution is 2.10. The van der Waals surface area contributed by atoms with Crippen molar-refractivity contribution in [2.24, 2.45) is 0 Å². The molecule has 0 N–H and O–H groups in total. The van der Waals surface area contributed by atoms with Crippen LogP contribution in [-0.4, -0.2) is 11.0 Å². The minimum Gasteiger partial charge on any atom is -0.457 e. The van der Waals surface area contributed by atoms with Crippen molar-refractivity contribution in [3.8, 4) is 0 Å². The lowest BCUT2D eigenvalue weighted by atomic mass is 10.3. The minimum absolute atomic E-state index is 0.207. The number of aromatic nitrogens is 1. The number of thiophene rings is 1. The largest absolute Gasteiger partial charge is 0.457 e. The van der Waals surface area contributed by atoms with Gasteiger partial charge >= 0.3 is 5.97 Å². The fourth-order valence-corrected chi connectivity index (χ4v) is 1.84. The molecule has 0 unspecified atom stereocenters. The third-order valence-corrected chi connectivity index (χ3v) is 2.82. The topological polar surface area (TPSA) is 39.2 Å². The first-order chi connectivity index (χ1) is 7.75. The smallest absolute Gasteiger partial charge is 0.339 e. The summed E-state index contributed by atoms with van der Waals surface area (Å²) in [4.78, 5) is 15.4. The van der Waals surface area contributed by atoms with Crippen molar-refractivity contribution in [1.29, 1.82) is 0 Å². The zero-order chi connectivity index (χ0) is 11.4. The summed E-state index contributed by atoms with van der Waals surface area (Å²) in [5.74, 6) is -0.323. The van der Waals surface area contributed by atoms with E-state index in [-0.39, 0.29) is 12.6 Å². The number of esters is 1. The lowest BCUT2D eigenvalue weighted by molar-refractivity contribution is 0.0473. The van der Waals surface area contributed by atoms with E-state index >= 15 is 0 Å². The molecule has 0 saturated carbocycles. The third-order valence-electron chi connectivity index (χ3n) is 1.92. The molecule has 2 aromatic heterocycles. The Morgan fingerprint density at radius 1 is 1.44 bits per heavy atom. The Morgan fingerprint density at radius 3 is 2.94 bits per heavy atom. The van der Waals surface area contributed by atoms with Crippen LogP contribution >= 0.6 is 22.9 Å². The number of nitrogens with zero attached hydrogens (tertiary/aromatic N) is 1. The summed E-state index contributed by atoms with van der Waals surface area (Å²) in [5.41, 5.74) is 1.39. The third kappa shape index (κ3) is 2.81. The fraction of sp³-hybridized carbons (Fsp3) is 0.0909. The van der Waals surface area contributed by atoms with Crippen LogP contribution in [0.3, 0.4) is 0 Å². The Hall–Kier alpha value is -1.39. The number of ether oxygens (including phenoxy) is 1. The maximum atomic E-state index is 11.5. The van der Waals surface area contributed by atoms with Crippen LogP contribution in [0.25, 0.3) is 0 Å². The highest BCUT2D eigenvalue weighted by Gasteiger charge is 2.07. The van der Waals surface area contributed by atoms with Gasteiger partial charge < -0.3 is 4.74 Å². The van der Waals surface area contributed by atoms with Crippen LogP contribution in [0.2, 0.25) is 5.15 Å². The van der Waals surface area contributed by atoms with Gasteiger partial charge in [0.05, 0.1) is 5.56 Å². The monoisotopic (exact) mass is 253 g/mol. The van der Waals surface area contributed by atoms with Crippen molar-refractivity contribution in [3.63, 3.8) is 0 Å². The van der Waals surface area contributed by atoms with E-state index < -0.39 is 0 Å². The molecule has 82 valence electrons. The summed E-state index contributed by atoms with van der Waals surface area (Å²) >= 11 is 7.10. The quantitative estimate of drug-likeness (QED) is 0.623. The Morgan fingerprint density at radius 2 is 2.31 bits per heavy atom. The second-order valence-corrected chi connectivity index (χ2v) is 4.24. The van der Waals surface area contributed by atoms with Gasteiger partial charge in [-0.15, -0.1) is 0 Å². The highest BCUT2D eigenvalue weighted by molar-refractivity contribution is 7.08.